The van der Waals surface area contributed by atoms with Crippen LogP contribution in [0.3, 0.4) is 0 Å². The van der Waals surface area contributed by atoms with Crippen LogP contribution in [0.4, 0.5) is 11.4 Å². The summed E-state index contributed by atoms with van der Waals surface area (Å²) in [6.45, 7) is 0.642. The van der Waals surface area contributed by atoms with E-state index in [9.17, 15) is 14.9 Å². The van der Waals surface area contributed by atoms with E-state index >= 15 is 0 Å². The van der Waals surface area contributed by atoms with E-state index in [0.717, 1.165) is 11.3 Å². The van der Waals surface area contributed by atoms with Gasteiger partial charge in [0.25, 0.3) is 11.6 Å². The lowest BCUT2D eigenvalue weighted by atomic mass is 10.2. The molecule has 0 aliphatic heterocycles. The van der Waals surface area contributed by atoms with Crippen LogP contribution in [0.5, 0.6) is 0 Å². The second kappa shape index (κ2) is 8.94. The van der Waals surface area contributed by atoms with Gasteiger partial charge in [0, 0.05) is 37.0 Å². The Morgan fingerprint density at radius 1 is 1.35 bits per heavy atom. The van der Waals surface area contributed by atoms with Gasteiger partial charge in [0.15, 0.2) is 0 Å². The van der Waals surface area contributed by atoms with E-state index in [0.29, 0.717) is 13.0 Å². The number of nitriles is 1. The van der Waals surface area contributed by atoms with Gasteiger partial charge >= 0.3 is 0 Å². The molecule has 0 radical (unpaired) electrons. The van der Waals surface area contributed by atoms with Crippen LogP contribution in [0.1, 0.15) is 22.3 Å². The number of carbonyl (C=O) groups is 1. The highest BCUT2D eigenvalue weighted by Gasteiger charge is 2.10. The van der Waals surface area contributed by atoms with Gasteiger partial charge in [-0.3, -0.25) is 14.9 Å². The predicted molar refractivity (Wildman–Crippen MR) is 98.1 cm³/mol. The van der Waals surface area contributed by atoms with E-state index in [1.54, 1.807) is 0 Å². The molecule has 0 fully saturated rings. The summed E-state index contributed by atoms with van der Waals surface area (Å²) >= 11 is 0. The second-order valence-corrected chi connectivity index (χ2v) is 5.43. The lowest BCUT2D eigenvalue weighted by Crippen LogP contribution is -2.18. The number of hydrazone groups is 1. The Morgan fingerprint density at radius 2 is 2.08 bits per heavy atom. The Balaban J connectivity index is 1.95. The molecule has 1 N–H and O–H groups in total. The van der Waals surface area contributed by atoms with Crippen molar-refractivity contribution in [1.29, 1.82) is 5.26 Å². The van der Waals surface area contributed by atoms with Gasteiger partial charge in [-0.1, -0.05) is 18.2 Å². The highest BCUT2D eigenvalue weighted by Crippen LogP contribution is 2.14. The summed E-state index contributed by atoms with van der Waals surface area (Å²) < 4.78 is 0. The maximum absolute atomic E-state index is 12.0. The van der Waals surface area contributed by atoms with E-state index in [1.807, 2.05) is 36.2 Å². The molecule has 0 aliphatic carbocycles. The van der Waals surface area contributed by atoms with E-state index in [1.165, 1.54) is 30.5 Å². The molecule has 0 saturated heterocycles. The second-order valence-electron chi connectivity index (χ2n) is 5.43. The van der Waals surface area contributed by atoms with E-state index in [4.69, 9.17) is 5.26 Å². The number of anilines is 1. The molecule has 26 heavy (non-hydrogen) atoms. The largest absolute Gasteiger partial charge is 0.374 e. The summed E-state index contributed by atoms with van der Waals surface area (Å²) in [5, 5.41) is 23.2. The molecule has 2 aromatic rings. The van der Waals surface area contributed by atoms with Gasteiger partial charge < -0.3 is 4.90 Å². The summed E-state index contributed by atoms with van der Waals surface area (Å²) in [4.78, 5) is 24.1. The minimum Gasteiger partial charge on any atom is -0.374 e. The first-order valence-electron chi connectivity index (χ1n) is 7.77. The highest BCUT2D eigenvalue weighted by atomic mass is 16.6. The zero-order valence-electron chi connectivity index (χ0n) is 14.1. The van der Waals surface area contributed by atoms with Gasteiger partial charge in [-0.2, -0.15) is 10.4 Å². The molecular formula is C18H17N5O3. The van der Waals surface area contributed by atoms with E-state index in [-0.39, 0.29) is 11.3 Å². The number of amides is 1. The van der Waals surface area contributed by atoms with Gasteiger partial charge in [0.1, 0.15) is 0 Å². The fraction of sp³-hybridized carbons (Fsp3) is 0.167. The fourth-order valence-corrected chi connectivity index (χ4v) is 2.15. The highest BCUT2D eigenvalue weighted by molar-refractivity contribution is 5.95. The summed E-state index contributed by atoms with van der Waals surface area (Å²) in [5.41, 5.74) is 4.09. The smallest absolute Gasteiger partial charge is 0.271 e. The van der Waals surface area contributed by atoms with Crippen LogP contribution in [0.15, 0.2) is 53.6 Å². The van der Waals surface area contributed by atoms with E-state index < -0.39 is 10.8 Å². The molecule has 2 aromatic carbocycles. The lowest BCUT2D eigenvalue weighted by Gasteiger charge is -2.17. The molecule has 0 bridgehead atoms. The number of nitrogens with zero attached hydrogens (tertiary/aromatic N) is 4. The number of carbonyl (C=O) groups excluding carboxylic acids is 1. The average molecular weight is 351 g/mol. The van der Waals surface area contributed by atoms with Crippen molar-refractivity contribution in [3.63, 3.8) is 0 Å². The number of nitrogens with one attached hydrogen (secondary N) is 1. The molecule has 2 rings (SSSR count). The first-order valence-corrected chi connectivity index (χ1v) is 7.77. The van der Waals surface area contributed by atoms with Crippen molar-refractivity contribution in [1.82, 2.24) is 5.43 Å². The molecule has 0 heterocycles. The molecule has 0 atom stereocenters. The maximum atomic E-state index is 12.0. The average Bonchev–Trinajstić information content (AvgIpc) is 2.66. The number of hydrogen-bond donors (Lipinski definition) is 1. The Hall–Kier alpha value is -3.73. The third kappa shape index (κ3) is 5.14. The quantitative estimate of drug-likeness (QED) is 0.468. The number of non-ortho nitro benzene ring substituents is 1. The number of rotatable bonds is 7. The summed E-state index contributed by atoms with van der Waals surface area (Å²) in [5.74, 6) is -0.530. The van der Waals surface area contributed by atoms with Crippen molar-refractivity contribution in [2.24, 2.45) is 5.10 Å². The minimum absolute atomic E-state index is 0.155. The first-order chi connectivity index (χ1) is 12.5. The standard InChI is InChI=1S/C18H17N5O3/c1-22(11-3-10-19)16-8-6-14(7-9-16)13-20-21-18(24)15-4-2-5-17(12-15)23(25)26/h2,4-9,12-13H,3,11H2,1H3,(H,21,24)/b20-13-. The SMILES string of the molecule is CN(CCC#N)c1ccc(/C=N\NC(=O)c2cccc([N+](=O)[O-])c2)cc1. The predicted octanol–water partition coefficient (Wildman–Crippen LogP) is 2.71. The van der Waals surface area contributed by atoms with Crippen LogP contribution in [-0.4, -0.2) is 30.6 Å². The zero-order chi connectivity index (χ0) is 18.9. The molecule has 0 saturated carbocycles. The third-order valence-electron chi connectivity index (χ3n) is 3.59. The third-order valence-corrected chi connectivity index (χ3v) is 3.59. The Morgan fingerprint density at radius 3 is 2.73 bits per heavy atom. The first kappa shape index (κ1) is 18.6. The van der Waals surface area contributed by atoms with Crippen molar-refractivity contribution < 1.29 is 9.72 Å². The van der Waals surface area contributed by atoms with Crippen LogP contribution in [0.25, 0.3) is 0 Å². The van der Waals surface area contributed by atoms with Crippen LogP contribution < -0.4 is 10.3 Å². The lowest BCUT2D eigenvalue weighted by molar-refractivity contribution is -0.384. The number of hydrogen-bond acceptors (Lipinski definition) is 6. The van der Waals surface area contributed by atoms with Gasteiger partial charge in [0.05, 0.1) is 23.6 Å². The molecule has 0 aromatic heterocycles. The molecule has 0 unspecified atom stereocenters. The van der Waals surface area contributed by atoms with Gasteiger partial charge in [-0.15, -0.1) is 0 Å². The van der Waals surface area contributed by atoms with Crippen LogP contribution in [0.2, 0.25) is 0 Å². The minimum atomic E-state index is -0.560. The summed E-state index contributed by atoms with van der Waals surface area (Å²) in [6, 6.07) is 15.0. The van der Waals surface area contributed by atoms with Gasteiger partial charge in [-0.05, 0) is 23.8 Å². The van der Waals surface area contributed by atoms with Gasteiger partial charge in [0.2, 0.25) is 0 Å². The Bertz CT molecular complexity index is 856. The van der Waals surface area contributed by atoms with Crippen LogP contribution in [-0.2, 0) is 0 Å². The summed E-state index contributed by atoms with van der Waals surface area (Å²) in [6.07, 6.45) is 1.93. The van der Waals surface area contributed by atoms with Crippen LogP contribution >= 0.6 is 0 Å². The van der Waals surface area contributed by atoms with Crippen molar-refractivity contribution in [3.8, 4) is 6.07 Å². The molecule has 132 valence electrons. The topological polar surface area (TPSA) is 112 Å². The molecular weight excluding hydrogens is 334 g/mol. The van der Waals surface area contributed by atoms with Crippen molar-refractivity contribution in [2.75, 3.05) is 18.5 Å². The van der Waals surface area contributed by atoms with Gasteiger partial charge in [-0.25, -0.2) is 5.43 Å². The van der Waals surface area contributed by atoms with Crippen LogP contribution in [0, 0.1) is 21.4 Å². The number of nitro groups is 1. The van der Waals surface area contributed by atoms with Crippen molar-refractivity contribution >= 4 is 23.5 Å². The zero-order valence-corrected chi connectivity index (χ0v) is 14.1. The molecule has 0 aliphatic rings. The summed E-state index contributed by atoms with van der Waals surface area (Å²) in [7, 11) is 1.90. The number of benzene rings is 2. The van der Waals surface area contributed by atoms with E-state index in [2.05, 4.69) is 16.6 Å². The van der Waals surface area contributed by atoms with Crippen molar-refractivity contribution in [3.05, 3.63) is 69.8 Å². The molecule has 8 nitrogen and oxygen atoms in total. The number of nitro benzene ring substituents is 1. The van der Waals surface area contributed by atoms with Crippen molar-refractivity contribution in [2.45, 2.75) is 6.42 Å². The Kier molecular flexibility index (Phi) is 6.40. The maximum Gasteiger partial charge on any atom is 0.271 e. The fourth-order valence-electron chi connectivity index (χ4n) is 2.15. The molecule has 1 amide bonds. The molecule has 0 spiro atoms. The monoisotopic (exact) mass is 351 g/mol. The normalized spacial score (nSPS) is 10.3. The Labute approximate surface area is 150 Å². The molecule has 8 heteroatoms.